The van der Waals surface area contributed by atoms with Crippen LogP contribution in [0.3, 0.4) is 0 Å². The molecule has 0 radical (unpaired) electrons. The minimum Gasteiger partial charge on any atom is -0.384 e. The molecule has 2 rings (SSSR count). The highest BCUT2D eigenvalue weighted by atomic mass is 16.2. The fraction of sp³-hybridized carbons (Fsp3) is 0.0833. The standard InChI is InChI=1S/C12H12N4O2/c1-7-2-4-9(11(17)15-7)12(18)16-8-3-5-10(13)14-6-8/h2-6H,1H3,(H2,13,14)(H,15,17)(H,16,18). The summed E-state index contributed by atoms with van der Waals surface area (Å²) < 4.78 is 0. The molecule has 0 fully saturated rings. The number of hydrogen-bond donors (Lipinski definition) is 3. The number of aryl methyl sites for hydroxylation is 1. The van der Waals surface area contributed by atoms with E-state index >= 15 is 0 Å². The number of carbonyl (C=O) groups is 1. The third-order valence-corrected chi connectivity index (χ3v) is 2.34. The number of nitrogens with zero attached hydrogens (tertiary/aromatic N) is 1. The molecule has 0 aliphatic carbocycles. The summed E-state index contributed by atoms with van der Waals surface area (Å²) in [4.78, 5) is 29.8. The molecular weight excluding hydrogens is 232 g/mol. The van der Waals surface area contributed by atoms with Crippen molar-refractivity contribution >= 4 is 17.4 Å². The molecule has 1 amide bonds. The lowest BCUT2D eigenvalue weighted by atomic mass is 10.2. The first-order valence-corrected chi connectivity index (χ1v) is 5.29. The highest BCUT2D eigenvalue weighted by molar-refractivity contribution is 6.03. The van der Waals surface area contributed by atoms with Gasteiger partial charge in [0.05, 0.1) is 11.9 Å². The smallest absolute Gasteiger partial charge is 0.261 e. The van der Waals surface area contributed by atoms with E-state index in [1.807, 2.05) is 0 Å². The fourth-order valence-corrected chi connectivity index (χ4v) is 1.43. The van der Waals surface area contributed by atoms with Crippen molar-refractivity contribution in [2.24, 2.45) is 0 Å². The molecule has 6 heteroatoms. The summed E-state index contributed by atoms with van der Waals surface area (Å²) in [7, 11) is 0. The summed E-state index contributed by atoms with van der Waals surface area (Å²) in [6, 6.07) is 6.32. The third kappa shape index (κ3) is 2.54. The molecule has 0 unspecified atom stereocenters. The number of hydrogen-bond acceptors (Lipinski definition) is 4. The normalized spacial score (nSPS) is 10.1. The quantitative estimate of drug-likeness (QED) is 0.730. The molecule has 2 aromatic rings. The Kier molecular flexibility index (Phi) is 3.09. The summed E-state index contributed by atoms with van der Waals surface area (Å²) in [6.45, 7) is 1.74. The van der Waals surface area contributed by atoms with Gasteiger partial charge < -0.3 is 16.0 Å². The van der Waals surface area contributed by atoms with Crippen molar-refractivity contribution in [3.63, 3.8) is 0 Å². The first-order chi connectivity index (χ1) is 8.56. The maximum absolute atomic E-state index is 11.8. The van der Waals surface area contributed by atoms with Crippen LogP contribution in [-0.4, -0.2) is 15.9 Å². The minimum absolute atomic E-state index is 0.0532. The van der Waals surface area contributed by atoms with Gasteiger partial charge in [0.15, 0.2) is 0 Å². The van der Waals surface area contributed by atoms with Crippen LogP contribution >= 0.6 is 0 Å². The first kappa shape index (κ1) is 11.8. The zero-order valence-corrected chi connectivity index (χ0v) is 9.73. The van der Waals surface area contributed by atoms with E-state index < -0.39 is 11.5 Å². The lowest BCUT2D eigenvalue weighted by molar-refractivity contribution is 0.102. The van der Waals surface area contributed by atoms with Crippen molar-refractivity contribution < 1.29 is 4.79 Å². The number of nitrogens with one attached hydrogen (secondary N) is 2. The molecule has 0 aliphatic heterocycles. The number of pyridine rings is 2. The van der Waals surface area contributed by atoms with Crippen molar-refractivity contribution in [1.29, 1.82) is 0 Å². The molecule has 0 bridgehead atoms. The molecular formula is C12H12N4O2. The average molecular weight is 244 g/mol. The summed E-state index contributed by atoms with van der Waals surface area (Å²) in [5.74, 6) is -0.121. The number of nitrogens with two attached hydrogens (primary N) is 1. The van der Waals surface area contributed by atoms with E-state index in [2.05, 4.69) is 15.3 Å². The Hall–Kier alpha value is -2.63. The van der Waals surface area contributed by atoms with Crippen molar-refractivity contribution in [2.75, 3.05) is 11.1 Å². The zero-order chi connectivity index (χ0) is 13.1. The van der Waals surface area contributed by atoms with Crippen LogP contribution in [0.2, 0.25) is 0 Å². The van der Waals surface area contributed by atoms with Crippen molar-refractivity contribution in [3.05, 3.63) is 52.1 Å². The average Bonchev–Trinajstić information content (AvgIpc) is 2.32. The van der Waals surface area contributed by atoms with Gasteiger partial charge in [-0.05, 0) is 31.2 Å². The first-order valence-electron chi connectivity index (χ1n) is 5.29. The van der Waals surface area contributed by atoms with E-state index in [9.17, 15) is 9.59 Å². The van der Waals surface area contributed by atoms with Gasteiger partial charge in [-0.1, -0.05) is 0 Å². The van der Waals surface area contributed by atoms with Crippen molar-refractivity contribution in [2.45, 2.75) is 6.92 Å². The van der Waals surface area contributed by atoms with Crippen LogP contribution in [0.4, 0.5) is 11.5 Å². The van der Waals surface area contributed by atoms with Gasteiger partial charge in [-0.25, -0.2) is 4.98 Å². The monoisotopic (exact) mass is 244 g/mol. The van der Waals surface area contributed by atoms with Crippen LogP contribution in [0.5, 0.6) is 0 Å². The highest BCUT2D eigenvalue weighted by Crippen LogP contribution is 2.08. The van der Waals surface area contributed by atoms with Crippen LogP contribution in [0.25, 0.3) is 0 Å². The fourth-order valence-electron chi connectivity index (χ4n) is 1.43. The van der Waals surface area contributed by atoms with Crippen LogP contribution in [0, 0.1) is 6.92 Å². The second kappa shape index (κ2) is 4.70. The molecule has 0 saturated heterocycles. The maximum atomic E-state index is 11.8. The van der Waals surface area contributed by atoms with Crippen molar-refractivity contribution in [3.8, 4) is 0 Å². The van der Waals surface area contributed by atoms with Crippen LogP contribution in [-0.2, 0) is 0 Å². The lowest BCUT2D eigenvalue weighted by Crippen LogP contribution is -2.23. The summed E-state index contributed by atoms with van der Waals surface area (Å²) in [5.41, 5.74) is 6.24. The number of anilines is 2. The van der Waals surface area contributed by atoms with E-state index in [0.29, 0.717) is 17.2 Å². The highest BCUT2D eigenvalue weighted by Gasteiger charge is 2.10. The lowest BCUT2D eigenvalue weighted by Gasteiger charge is -2.04. The Balaban J connectivity index is 2.22. The number of H-pyrrole nitrogens is 1. The van der Waals surface area contributed by atoms with Gasteiger partial charge in [0.1, 0.15) is 11.4 Å². The Morgan fingerprint density at radius 3 is 2.72 bits per heavy atom. The molecule has 0 aliphatic rings. The Morgan fingerprint density at radius 2 is 2.11 bits per heavy atom. The zero-order valence-electron chi connectivity index (χ0n) is 9.73. The van der Waals surface area contributed by atoms with Crippen LogP contribution < -0.4 is 16.6 Å². The van der Waals surface area contributed by atoms with Gasteiger partial charge in [0, 0.05) is 5.69 Å². The molecule has 0 saturated carbocycles. The van der Waals surface area contributed by atoms with Crippen LogP contribution in [0.15, 0.2) is 35.3 Å². The molecule has 0 atom stereocenters. The van der Waals surface area contributed by atoms with E-state index in [1.165, 1.54) is 12.3 Å². The molecule has 2 heterocycles. The summed E-state index contributed by atoms with van der Waals surface area (Å²) in [5, 5.41) is 2.57. The van der Waals surface area contributed by atoms with Gasteiger partial charge >= 0.3 is 0 Å². The van der Waals surface area contributed by atoms with Gasteiger partial charge in [-0.2, -0.15) is 0 Å². The Morgan fingerprint density at radius 1 is 1.33 bits per heavy atom. The van der Waals surface area contributed by atoms with E-state index in [1.54, 1.807) is 25.1 Å². The second-order valence-electron chi connectivity index (χ2n) is 3.81. The van der Waals surface area contributed by atoms with Crippen LogP contribution in [0.1, 0.15) is 16.1 Å². The van der Waals surface area contributed by atoms with Gasteiger partial charge in [-0.15, -0.1) is 0 Å². The summed E-state index contributed by atoms with van der Waals surface area (Å²) in [6.07, 6.45) is 1.43. The second-order valence-corrected chi connectivity index (χ2v) is 3.81. The van der Waals surface area contributed by atoms with E-state index in [0.717, 1.165) is 0 Å². The van der Waals surface area contributed by atoms with Gasteiger partial charge in [0.2, 0.25) is 0 Å². The number of aromatic nitrogens is 2. The predicted molar refractivity (Wildman–Crippen MR) is 68.4 cm³/mol. The summed E-state index contributed by atoms with van der Waals surface area (Å²) >= 11 is 0. The number of carbonyl (C=O) groups excluding carboxylic acids is 1. The number of nitrogen functional groups attached to an aromatic ring is 1. The number of aromatic amines is 1. The number of rotatable bonds is 2. The van der Waals surface area contributed by atoms with E-state index in [4.69, 9.17) is 5.73 Å². The largest absolute Gasteiger partial charge is 0.384 e. The Labute approximate surface area is 103 Å². The topological polar surface area (TPSA) is 101 Å². The molecule has 0 aromatic carbocycles. The van der Waals surface area contributed by atoms with Crippen molar-refractivity contribution in [1.82, 2.24) is 9.97 Å². The Bertz CT molecular complexity index is 631. The molecule has 0 spiro atoms. The molecule has 6 nitrogen and oxygen atoms in total. The predicted octanol–water partition coefficient (Wildman–Crippen LogP) is 0.913. The third-order valence-electron chi connectivity index (χ3n) is 2.34. The molecule has 4 N–H and O–H groups in total. The van der Waals surface area contributed by atoms with Gasteiger partial charge in [0.25, 0.3) is 11.5 Å². The van der Waals surface area contributed by atoms with E-state index in [-0.39, 0.29) is 5.56 Å². The SMILES string of the molecule is Cc1ccc(C(=O)Nc2ccc(N)nc2)c(=O)[nH]1. The molecule has 2 aromatic heterocycles. The molecule has 92 valence electrons. The minimum atomic E-state index is -0.483. The maximum Gasteiger partial charge on any atom is 0.261 e. The number of amides is 1. The van der Waals surface area contributed by atoms with Gasteiger partial charge in [-0.3, -0.25) is 9.59 Å². The molecule has 18 heavy (non-hydrogen) atoms.